The largest absolute Gasteiger partial charge is 0.497 e. The van der Waals surface area contributed by atoms with E-state index in [9.17, 15) is 9.18 Å². The van der Waals surface area contributed by atoms with Crippen LogP contribution in [-0.4, -0.2) is 57.6 Å². The molecule has 43 heavy (non-hydrogen) atoms. The standard InChI is InChI=1S/C33H40FN5O3S/c1-4-37(5-2)17-18-39-27(21-30(36-39)25-11-15-28(41-3)16-12-25)22-42-20-19-38-31-8-6-7-29(31)32(40)35-33(38)43-23-24-9-13-26(34)14-10-24/h9-16,21H,4-8,17-20,22-23H2,1-3H3. The molecule has 0 N–H and O–H groups in total. The van der Waals surface area contributed by atoms with E-state index in [-0.39, 0.29) is 11.4 Å². The maximum Gasteiger partial charge on any atom is 0.277 e. The van der Waals surface area contributed by atoms with Gasteiger partial charge in [-0.25, -0.2) is 4.39 Å². The highest BCUT2D eigenvalue weighted by molar-refractivity contribution is 7.98. The van der Waals surface area contributed by atoms with Crippen LogP contribution in [0.4, 0.5) is 4.39 Å². The second-order valence-electron chi connectivity index (χ2n) is 10.6. The Bertz CT molecular complexity index is 1550. The Kier molecular flexibility index (Phi) is 10.7. The van der Waals surface area contributed by atoms with Crippen molar-refractivity contribution in [1.29, 1.82) is 0 Å². The lowest BCUT2D eigenvalue weighted by Crippen LogP contribution is -2.28. The number of fused-ring (bicyclic) bond motifs is 1. The smallest absolute Gasteiger partial charge is 0.277 e. The highest BCUT2D eigenvalue weighted by Gasteiger charge is 2.22. The average molecular weight is 606 g/mol. The highest BCUT2D eigenvalue weighted by Crippen LogP contribution is 2.27. The third-order valence-corrected chi connectivity index (χ3v) is 9.01. The Morgan fingerprint density at radius 3 is 2.51 bits per heavy atom. The minimum Gasteiger partial charge on any atom is -0.497 e. The van der Waals surface area contributed by atoms with Crippen molar-refractivity contribution in [3.63, 3.8) is 0 Å². The number of rotatable bonds is 15. The van der Waals surface area contributed by atoms with Gasteiger partial charge in [0, 0.05) is 35.7 Å². The number of ether oxygens (including phenoxy) is 2. The Hall–Kier alpha value is -3.47. The molecule has 10 heteroatoms. The van der Waals surface area contributed by atoms with Gasteiger partial charge in [-0.1, -0.05) is 37.7 Å². The van der Waals surface area contributed by atoms with E-state index in [4.69, 9.17) is 14.6 Å². The van der Waals surface area contributed by atoms with Gasteiger partial charge in [0.05, 0.1) is 38.3 Å². The molecule has 0 bridgehead atoms. The van der Waals surface area contributed by atoms with Gasteiger partial charge in [0.1, 0.15) is 11.6 Å². The fraction of sp³-hybridized carbons (Fsp3) is 0.424. The van der Waals surface area contributed by atoms with Crippen LogP contribution >= 0.6 is 11.8 Å². The lowest BCUT2D eigenvalue weighted by atomic mass is 10.1. The van der Waals surface area contributed by atoms with Gasteiger partial charge >= 0.3 is 0 Å². The van der Waals surface area contributed by atoms with Crippen LogP contribution < -0.4 is 10.3 Å². The van der Waals surface area contributed by atoms with Gasteiger partial charge in [0.25, 0.3) is 5.56 Å². The van der Waals surface area contributed by atoms with Gasteiger partial charge in [0.2, 0.25) is 0 Å². The Morgan fingerprint density at radius 1 is 1.02 bits per heavy atom. The van der Waals surface area contributed by atoms with Crippen LogP contribution in [-0.2, 0) is 43.0 Å². The molecule has 0 spiro atoms. The van der Waals surface area contributed by atoms with E-state index < -0.39 is 0 Å². The van der Waals surface area contributed by atoms with Crippen molar-refractivity contribution >= 4 is 11.8 Å². The quantitative estimate of drug-likeness (QED) is 0.0993. The molecule has 0 saturated carbocycles. The van der Waals surface area contributed by atoms with Crippen molar-refractivity contribution in [2.45, 2.75) is 63.7 Å². The molecular formula is C33H40FN5O3S. The topological polar surface area (TPSA) is 74.4 Å². The zero-order valence-corrected chi connectivity index (χ0v) is 26.0. The molecule has 1 aliphatic rings. The first-order chi connectivity index (χ1) is 21.0. The van der Waals surface area contributed by atoms with Crippen molar-refractivity contribution < 1.29 is 13.9 Å². The monoisotopic (exact) mass is 605 g/mol. The van der Waals surface area contributed by atoms with Crippen LogP contribution in [0.5, 0.6) is 5.75 Å². The van der Waals surface area contributed by atoms with Crippen LogP contribution in [0.1, 0.15) is 42.8 Å². The number of methoxy groups -OCH3 is 1. The highest BCUT2D eigenvalue weighted by atomic mass is 32.2. The second kappa shape index (κ2) is 14.8. The fourth-order valence-corrected chi connectivity index (χ4v) is 6.43. The zero-order chi connectivity index (χ0) is 30.2. The van der Waals surface area contributed by atoms with Crippen molar-refractivity contribution in [2.24, 2.45) is 0 Å². The van der Waals surface area contributed by atoms with E-state index in [2.05, 4.69) is 39.0 Å². The minimum absolute atomic E-state index is 0.130. The Labute approximate surface area is 256 Å². The van der Waals surface area contributed by atoms with Gasteiger partial charge in [-0.3, -0.25) is 9.48 Å². The molecule has 0 saturated heterocycles. The normalized spacial score (nSPS) is 12.7. The molecule has 228 valence electrons. The molecule has 2 heterocycles. The second-order valence-corrected chi connectivity index (χ2v) is 11.5. The summed E-state index contributed by atoms with van der Waals surface area (Å²) in [6.07, 6.45) is 2.59. The first-order valence-corrected chi connectivity index (χ1v) is 16.0. The Morgan fingerprint density at radius 2 is 1.79 bits per heavy atom. The fourth-order valence-electron chi connectivity index (χ4n) is 5.43. The van der Waals surface area contributed by atoms with Gasteiger partial charge < -0.3 is 18.9 Å². The predicted molar refractivity (Wildman–Crippen MR) is 168 cm³/mol. The van der Waals surface area contributed by atoms with E-state index in [1.807, 2.05) is 24.3 Å². The van der Waals surface area contributed by atoms with E-state index in [1.165, 1.54) is 23.9 Å². The summed E-state index contributed by atoms with van der Waals surface area (Å²) in [5.41, 5.74) is 5.70. The van der Waals surface area contributed by atoms with Gasteiger partial charge in [-0.15, -0.1) is 0 Å². The molecule has 0 fully saturated rings. The van der Waals surface area contributed by atoms with E-state index in [0.29, 0.717) is 30.7 Å². The maximum absolute atomic E-state index is 13.4. The molecule has 5 rings (SSSR count). The summed E-state index contributed by atoms with van der Waals surface area (Å²) in [7, 11) is 1.66. The zero-order valence-electron chi connectivity index (χ0n) is 25.2. The summed E-state index contributed by atoms with van der Waals surface area (Å²) in [6, 6.07) is 16.5. The number of hydrogen-bond donors (Lipinski definition) is 0. The molecule has 8 nitrogen and oxygen atoms in total. The molecule has 1 aliphatic carbocycles. The molecule has 0 aliphatic heterocycles. The third-order valence-electron chi connectivity index (χ3n) is 7.96. The summed E-state index contributed by atoms with van der Waals surface area (Å²) in [4.78, 5) is 19.6. The number of thioether (sulfide) groups is 1. The Balaban J connectivity index is 1.29. The van der Waals surface area contributed by atoms with Gasteiger partial charge in [-0.2, -0.15) is 10.1 Å². The van der Waals surface area contributed by atoms with Gasteiger partial charge in [0.15, 0.2) is 5.16 Å². The van der Waals surface area contributed by atoms with Gasteiger partial charge in [-0.05, 0) is 80.4 Å². The molecule has 2 aromatic heterocycles. The van der Waals surface area contributed by atoms with Crippen LogP contribution in [0.2, 0.25) is 0 Å². The third kappa shape index (κ3) is 7.74. The molecule has 0 radical (unpaired) electrons. The molecular weight excluding hydrogens is 565 g/mol. The summed E-state index contributed by atoms with van der Waals surface area (Å²) in [6.45, 7) is 9.52. The van der Waals surface area contributed by atoms with Crippen LogP contribution in [0, 0.1) is 5.82 Å². The van der Waals surface area contributed by atoms with Crippen molar-refractivity contribution in [3.8, 4) is 17.0 Å². The summed E-state index contributed by atoms with van der Waals surface area (Å²) >= 11 is 1.51. The van der Waals surface area contributed by atoms with Crippen molar-refractivity contribution in [2.75, 3.05) is 33.4 Å². The number of benzene rings is 2. The molecule has 4 aromatic rings. The minimum atomic E-state index is -0.260. The SMILES string of the molecule is CCN(CC)CCn1nc(-c2ccc(OC)cc2)cc1COCCn1c(SCc2ccc(F)cc2)nc(=O)c2c1CCC2. The first kappa shape index (κ1) is 31.0. The number of hydrogen-bond acceptors (Lipinski definition) is 7. The number of likely N-dealkylation sites (N-methyl/N-ethyl adjacent to an activating group) is 1. The lowest BCUT2D eigenvalue weighted by molar-refractivity contribution is 0.104. The average Bonchev–Trinajstić information content (AvgIpc) is 3.69. The van der Waals surface area contributed by atoms with E-state index >= 15 is 0 Å². The van der Waals surface area contributed by atoms with Crippen molar-refractivity contribution in [3.05, 3.63) is 93.3 Å². The first-order valence-electron chi connectivity index (χ1n) is 15.0. The summed E-state index contributed by atoms with van der Waals surface area (Å²) in [5.74, 6) is 1.16. The van der Waals surface area contributed by atoms with Crippen LogP contribution in [0.25, 0.3) is 11.3 Å². The lowest BCUT2D eigenvalue weighted by Gasteiger charge is -2.19. The maximum atomic E-state index is 13.4. The summed E-state index contributed by atoms with van der Waals surface area (Å²) < 4.78 is 29.2. The van der Waals surface area contributed by atoms with Crippen molar-refractivity contribution in [1.82, 2.24) is 24.2 Å². The number of aromatic nitrogens is 4. The molecule has 2 aromatic carbocycles. The van der Waals surface area contributed by atoms with E-state index in [1.54, 1.807) is 19.2 Å². The molecule has 0 unspecified atom stereocenters. The van der Waals surface area contributed by atoms with E-state index in [0.717, 1.165) is 85.0 Å². The number of halogens is 1. The molecule has 0 amide bonds. The van der Waals surface area contributed by atoms with Crippen LogP contribution in [0.15, 0.2) is 64.5 Å². The van der Waals surface area contributed by atoms with Crippen LogP contribution in [0.3, 0.4) is 0 Å². The summed E-state index contributed by atoms with van der Waals surface area (Å²) in [5, 5.41) is 5.62. The predicted octanol–water partition coefficient (Wildman–Crippen LogP) is 5.59. The number of nitrogens with zero attached hydrogens (tertiary/aromatic N) is 5. The molecule has 0 atom stereocenters.